The van der Waals surface area contributed by atoms with Crippen molar-refractivity contribution in [3.63, 3.8) is 0 Å². The predicted octanol–water partition coefficient (Wildman–Crippen LogP) is 1.25. The standard InChI is InChI=1S/C18H24F2N2O3/c1-25-9-16(24)22-6-5-14-8-21(10-18(14,11-22)12-23)7-13-3-2-4-15(19)17(13)20/h2-4,14,23H,5-12H2,1H3/t14-,18-/m0/s1. The molecular weight excluding hydrogens is 330 g/mol. The van der Waals surface area contributed by atoms with Gasteiger partial charge in [-0.15, -0.1) is 0 Å². The van der Waals surface area contributed by atoms with Gasteiger partial charge in [-0.25, -0.2) is 8.78 Å². The number of likely N-dealkylation sites (tertiary alicyclic amines) is 2. The van der Waals surface area contributed by atoms with Crippen LogP contribution in [0.25, 0.3) is 0 Å². The van der Waals surface area contributed by atoms with Gasteiger partial charge in [-0.3, -0.25) is 9.69 Å². The smallest absolute Gasteiger partial charge is 0.248 e. The average molecular weight is 354 g/mol. The van der Waals surface area contributed by atoms with E-state index in [1.165, 1.54) is 13.2 Å². The zero-order valence-corrected chi connectivity index (χ0v) is 14.4. The summed E-state index contributed by atoms with van der Waals surface area (Å²) in [5.41, 5.74) is -0.0927. The quantitative estimate of drug-likeness (QED) is 0.865. The lowest BCUT2D eigenvalue weighted by molar-refractivity contribution is -0.140. The molecule has 1 amide bonds. The summed E-state index contributed by atoms with van der Waals surface area (Å²) in [5, 5.41) is 10.0. The van der Waals surface area contributed by atoms with E-state index in [2.05, 4.69) is 0 Å². The minimum absolute atomic E-state index is 0.0312. The highest BCUT2D eigenvalue weighted by molar-refractivity contribution is 5.77. The van der Waals surface area contributed by atoms with Crippen LogP contribution in [0.3, 0.4) is 0 Å². The van der Waals surface area contributed by atoms with Crippen LogP contribution in [0, 0.1) is 23.0 Å². The summed E-state index contributed by atoms with van der Waals surface area (Å²) in [7, 11) is 1.48. The number of ether oxygens (including phenoxy) is 1. The van der Waals surface area contributed by atoms with Crippen LogP contribution in [0.1, 0.15) is 12.0 Å². The summed E-state index contributed by atoms with van der Waals surface area (Å²) in [6, 6.07) is 4.20. The van der Waals surface area contributed by atoms with Crippen LogP contribution in [0.15, 0.2) is 18.2 Å². The van der Waals surface area contributed by atoms with Crippen molar-refractivity contribution in [1.29, 1.82) is 0 Å². The Balaban J connectivity index is 1.72. The van der Waals surface area contributed by atoms with E-state index < -0.39 is 17.0 Å². The van der Waals surface area contributed by atoms with Crippen LogP contribution in [-0.2, 0) is 16.1 Å². The number of benzene rings is 1. The van der Waals surface area contributed by atoms with Crippen molar-refractivity contribution in [3.8, 4) is 0 Å². The number of aliphatic hydroxyl groups is 1. The molecule has 0 aromatic heterocycles. The van der Waals surface area contributed by atoms with Crippen molar-refractivity contribution in [2.24, 2.45) is 11.3 Å². The molecule has 3 rings (SSSR count). The third-order valence-electron chi connectivity index (χ3n) is 5.50. The van der Waals surface area contributed by atoms with Gasteiger partial charge in [0.1, 0.15) is 6.61 Å². The number of hydrogen-bond acceptors (Lipinski definition) is 4. The Morgan fingerprint density at radius 2 is 2.20 bits per heavy atom. The SMILES string of the molecule is COCC(=O)N1CC[C@H]2CN(Cc3cccc(F)c3F)C[C@@]2(CO)C1. The van der Waals surface area contributed by atoms with E-state index in [1.54, 1.807) is 11.0 Å². The second-order valence-corrected chi connectivity index (χ2v) is 7.14. The summed E-state index contributed by atoms with van der Waals surface area (Å²) < 4.78 is 32.3. The van der Waals surface area contributed by atoms with Crippen molar-refractivity contribution in [3.05, 3.63) is 35.4 Å². The average Bonchev–Trinajstić information content (AvgIpc) is 2.97. The van der Waals surface area contributed by atoms with Gasteiger partial charge < -0.3 is 14.7 Å². The van der Waals surface area contributed by atoms with Gasteiger partial charge in [0.25, 0.3) is 0 Å². The number of amides is 1. The maximum atomic E-state index is 13.9. The normalized spacial score (nSPS) is 26.7. The Morgan fingerprint density at radius 1 is 1.40 bits per heavy atom. The van der Waals surface area contributed by atoms with Crippen LogP contribution >= 0.6 is 0 Å². The number of nitrogens with zero attached hydrogens (tertiary/aromatic N) is 2. The van der Waals surface area contributed by atoms with Crippen LogP contribution in [0.2, 0.25) is 0 Å². The molecule has 138 valence electrons. The fourth-order valence-corrected chi connectivity index (χ4v) is 4.18. The molecule has 1 aromatic rings. The molecule has 25 heavy (non-hydrogen) atoms. The fraction of sp³-hybridized carbons (Fsp3) is 0.611. The number of fused-ring (bicyclic) bond motifs is 1. The van der Waals surface area contributed by atoms with Gasteiger partial charge in [-0.1, -0.05) is 12.1 Å². The maximum absolute atomic E-state index is 13.9. The van der Waals surface area contributed by atoms with Crippen molar-refractivity contribution in [2.45, 2.75) is 13.0 Å². The second-order valence-electron chi connectivity index (χ2n) is 7.14. The summed E-state index contributed by atoms with van der Waals surface area (Å²) in [4.78, 5) is 15.9. The first-order valence-corrected chi connectivity index (χ1v) is 8.52. The highest BCUT2D eigenvalue weighted by atomic mass is 19.2. The summed E-state index contributed by atoms with van der Waals surface area (Å²) in [5.74, 6) is -1.50. The number of carbonyl (C=O) groups excluding carboxylic acids is 1. The van der Waals surface area contributed by atoms with Gasteiger partial charge in [-0.05, 0) is 18.4 Å². The van der Waals surface area contributed by atoms with Gasteiger partial charge in [0.2, 0.25) is 5.91 Å². The monoisotopic (exact) mass is 354 g/mol. The molecule has 0 radical (unpaired) electrons. The largest absolute Gasteiger partial charge is 0.396 e. The van der Waals surface area contributed by atoms with Gasteiger partial charge in [0, 0.05) is 50.8 Å². The summed E-state index contributed by atoms with van der Waals surface area (Å²) in [6.45, 7) is 2.67. The van der Waals surface area contributed by atoms with Crippen LogP contribution in [0.4, 0.5) is 8.78 Å². The Bertz CT molecular complexity index is 643. The third-order valence-corrected chi connectivity index (χ3v) is 5.50. The van der Waals surface area contributed by atoms with Crippen molar-refractivity contribution in [1.82, 2.24) is 9.80 Å². The molecule has 0 unspecified atom stereocenters. The number of methoxy groups -OCH3 is 1. The first-order chi connectivity index (χ1) is 12.0. The molecule has 2 atom stereocenters. The number of halogens is 2. The van der Waals surface area contributed by atoms with Crippen molar-refractivity contribution in [2.75, 3.05) is 46.5 Å². The molecular formula is C18H24F2N2O3. The zero-order chi connectivity index (χ0) is 18.0. The summed E-state index contributed by atoms with van der Waals surface area (Å²) in [6.07, 6.45) is 0.790. The fourth-order valence-electron chi connectivity index (χ4n) is 4.18. The molecule has 2 aliphatic heterocycles. The Kier molecular flexibility index (Phi) is 5.36. The van der Waals surface area contributed by atoms with E-state index in [0.29, 0.717) is 38.3 Å². The molecule has 1 aromatic carbocycles. The first kappa shape index (κ1) is 18.2. The Morgan fingerprint density at radius 3 is 2.92 bits per heavy atom. The lowest BCUT2D eigenvalue weighted by Gasteiger charge is -2.43. The van der Waals surface area contributed by atoms with E-state index in [9.17, 15) is 18.7 Å². The minimum Gasteiger partial charge on any atom is -0.396 e. The highest BCUT2D eigenvalue weighted by Gasteiger charge is 2.50. The molecule has 0 spiro atoms. The minimum atomic E-state index is -0.845. The molecule has 2 fully saturated rings. The molecule has 2 saturated heterocycles. The zero-order valence-electron chi connectivity index (χ0n) is 14.4. The van der Waals surface area contributed by atoms with E-state index in [1.807, 2.05) is 4.90 Å². The van der Waals surface area contributed by atoms with Gasteiger partial charge in [0.05, 0.1) is 6.61 Å². The van der Waals surface area contributed by atoms with Gasteiger partial charge in [-0.2, -0.15) is 0 Å². The van der Waals surface area contributed by atoms with E-state index >= 15 is 0 Å². The van der Waals surface area contributed by atoms with Crippen LogP contribution in [0.5, 0.6) is 0 Å². The Labute approximate surface area is 146 Å². The van der Waals surface area contributed by atoms with E-state index in [0.717, 1.165) is 12.5 Å². The molecule has 7 heteroatoms. The molecule has 2 heterocycles. The molecule has 5 nitrogen and oxygen atoms in total. The molecule has 0 bridgehead atoms. The molecule has 0 aliphatic carbocycles. The molecule has 1 N–H and O–H groups in total. The number of rotatable bonds is 5. The van der Waals surface area contributed by atoms with E-state index in [4.69, 9.17) is 4.74 Å². The summed E-state index contributed by atoms with van der Waals surface area (Å²) >= 11 is 0. The molecule has 2 aliphatic rings. The van der Waals surface area contributed by atoms with E-state index in [-0.39, 0.29) is 25.0 Å². The predicted molar refractivity (Wildman–Crippen MR) is 87.7 cm³/mol. The maximum Gasteiger partial charge on any atom is 0.248 e. The lowest BCUT2D eigenvalue weighted by atomic mass is 9.74. The van der Waals surface area contributed by atoms with Crippen molar-refractivity contribution < 1.29 is 23.4 Å². The topological polar surface area (TPSA) is 53.0 Å². The number of hydrogen-bond donors (Lipinski definition) is 1. The van der Waals surface area contributed by atoms with Crippen molar-refractivity contribution >= 4 is 5.91 Å². The van der Waals surface area contributed by atoms with Gasteiger partial charge >= 0.3 is 0 Å². The van der Waals surface area contributed by atoms with Crippen LogP contribution < -0.4 is 0 Å². The highest BCUT2D eigenvalue weighted by Crippen LogP contribution is 2.42. The second kappa shape index (κ2) is 7.35. The first-order valence-electron chi connectivity index (χ1n) is 8.52. The van der Waals surface area contributed by atoms with Crippen LogP contribution in [-0.4, -0.2) is 67.3 Å². The molecule has 0 saturated carbocycles. The number of aliphatic hydroxyl groups excluding tert-OH is 1. The third kappa shape index (κ3) is 3.54. The Hall–Kier alpha value is -1.57. The number of carbonyl (C=O) groups is 1. The lowest BCUT2D eigenvalue weighted by Crippen LogP contribution is -2.53. The number of piperidine rings is 1. The van der Waals surface area contributed by atoms with Gasteiger partial charge in [0.15, 0.2) is 11.6 Å².